The van der Waals surface area contributed by atoms with Crippen LogP contribution in [0.15, 0.2) is 52.3 Å². The smallest absolute Gasteiger partial charge is 0.350 e. The molecule has 7 heteroatoms. The van der Waals surface area contributed by atoms with Gasteiger partial charge in [-0.05, 0) is 44.2 Å². The minimum atomic E-state index is -4.10. The van der Waals surface area contributed by atoms with Crippen LogP contribution in [0.3, 0.4) is 0 Å². The molecule has 2 rings (SSSR count). The van der Waals surface area contributed by atoms with Gasteiger partial charge in [0.15, 0.2) is 4.91 Å². The van der Waals surface area contributed by atoms with Crippen molar-refractivity contribution in [2.75, 3.05) is 6.61 Å². The van der Waals surface area contributed by atoms with E-state index in [-0.39, 0.29) is 27.1 Å². The zero-order valence-corrected chi connectivity index (χ0v) is 16.0. The van der Waals surface area contributed by atoms with Crippen LogP contribution < -0.4 is 0 Å². The Morgan fingerprint density at radius 2 is 1.64 bits per heavy atom. The molecule has 25 heavy (non-hydrogen) atoms. The van der Waals surface area contributed by atoms with E-state index in [4.69, 9.17) is 27.9 Å². The van der Waals surface area contributed by atoms with Crippen LogP contribution in [0.25, 0.3) is 6.08 Å². The fourth-order valence-electron chi connectivity index (χ4n) is 2.07. The first-order valence-corrected chi connectivity index (χ1v) is 9.66. The molecule has 0 aliphatic heterocycles. The van der Waals surface area contributed by atoms with Crippen LogP contribution in [-0.2, 0) is 19.4 Å². The monoisotopic (exact) mass is 398 g/mol. The molecule has 0 aliphatic rings. The third-order valence-electron chi connectivity index (χ3n) is 3.37. The van der Waals surface area contributed by atoms with Crippen molar-refractivity contribution in [3.8, 4) is 0 Å². The summed E-state index contributed by atoms with van der Waals surface area (Å²) in [5.74, 6) is -0.959. The molecule has 2 aromatic carbocycles. The SMILES string of the molecule is CCOC(=O)/C(=C/c1c(Cl)cccc1Cl)S(=O)(=O)c1ccc(C)cc1. The zero-order chi connectivity index (χ0) is 18.6. The van der Waals surface area contributed by atoms with Gasteiger partial charge >= 0.3 is 5.97 Å². The van der Waals surface area contributed by atoms with Crippen LogP contribution in [0.1, 0.15) is 18.1 Å². The number of hydrogen-bond acceptors (Lipinski definition) is 4. The van der Waals surface area contributed by atoms with Crippen molar-refractivity contribution in [3.63, 3.8) is 0 Å². The number of benzene rings is 2. The predicted octanol–water partition coefficient (Wildman–Crippen LogP) is 4.68. The Bertz CT molecular complexity index is 896. The number of halogens is 2. The first-order chi connectivity index (χ1) is 11.8. The molecule has 0 saturated carbocycles. The van der Waals surface area contributed by atoms with Crippen LogP contribution in [0, 0.1) is 6.92 Å². The summed E-state index contributed by atoms with van der Waals surface area (Å²) in [6.45, 7) is 3.47. The van der Waals surface area contributed by atoms with Gasteiger partial charge in [-0.3, -0.25) is 0 Å². The van der Waals surface area contributed by atoms with E-state index < -0.39 is 20.7 Å². The molecule has 0 bridgehead atoms. The molecule has 0 N–H and O–H groups in total. The van der Waals surface area contributed by atoms with E-state index >= 15 is 0 Å². The molecule has 0 atom stereocenters. The lowest BCUT2D eigenvalue weighted by molar-refractivity contribution is -0.137. The van der Waals surface area contributed by atoms with E-state index in [1.54, 1.807) is 37.3 Å². The number of ether oxygens (including phenoxy) is 1. The van der Waals surface area contributed by atoms with Crippen LogP contribution >= 0.6 is 23.2 Å². The fourth-order valence-corrected chi connectivity index (χ4v) is 3.88. The van der Waals surface area contributed by atoms with Crippen molar-refractivity contribution >= 4 is 45.1 Å². The van der Waals surface area contributed by atoms with Crippen LogP contribution in [0.5, 0.6) is 0 Å². The molecule has 0 saturated heterocycles. The predicted molar refractivity (Wildman–Crippen MR) is 99.4 cm³/mol. The van der Waals surface area contributed by atoms with Crippen molar-refractivity contribution < 1.29 is 17.9 Å². The van der Waals surface area contributed by atoms with Gasteiger partial charge in [0.2, 0.25) is 9.84 Å². The van der Waals surface area contributed by atoms with Gasteiger partial charge in [-0.15, -0.1) is 0 Å². The van der Waals surface area contributed by atoms with Gasteiger partial charge in [-0.25, -0.2) is 13.2 Å². The Kier molecular flexibility index (Phi) is 6.27. The average molecular weight is 399 g/mol. The maximum absolute atomic E-state index is 12.9. The van der Waals surface area contributed by atoms with E-state index in [1.807, 2.05) is 6.92 Å². The molecule has 0 fully saturated rings. The molecule has 4 nitrogen and oxygen atoms in total. The number of rotatable bonds is 5. The minimum absolute atomic E-state index is 0.0134. The summed E-state index contributed by atoms with van der Waals surface area (Å²) in [6, 6.07) is 10.9. The Morgan fingerprint density at radius 1 is 1.08 bits per heavy atom. The Hall–Kier alpha value is -1.82. The quantitative estimate of drug-likeness (QED) is 0.541. The van der Waals surface area contributed by atoms with E-state index in [2.05, 4.69) is 0 Å². The molecular formula is C18H16Cl2O4S. The number of hydrogen-bond donors (Lipinski definition) is 0. The largest absolute Gasteiger partial charge is 0.462 e. The summed E-state index contributed by atoms with van der Waals surface area (Å²) in [5, 5.41) is 0.460. The van der Waals surface area contributed by atoms with Crippen molar-refractivity contribution in [1.82, 2.24) is 0 Å². The number of sulfone groups is 1. The highest BCUT2D eigenvalue weighted by Crippen LogP contribution is 2.30. The normalized spacial score (nSPS) is 12.1. The van der Waals surface area contributed by atoms with Crippen molar-refractivity contribution in [3.05, 3.63) is 68.5 Å². The highest BCUT2D eigenvalue weighted by molar-refractivity contribution is 7.96. The first kappa shape index (κ1) is 19.5. The summed E-state index contributed by atoms with van der Waals surface area (Å²) in [5.41, 5.74) is 1.14. The lowest BCUT2D eigenvalue weighted by atomic mass is 10.2. The zero-order valence-electron chi connectivity index (χ0n) is 13.6. The second kappa shape index (κ2) is 8.04. The van der Waals surface area contributed by atoms with Gasteiger partial charge in [0, 0.05) is 15.6 Å². The third-order valence-corrected chi connectivity index (χ3v) is 5.79. The minimum Gasteiger partial charge on any atom is -0.462 e. The van der Waals surface area contributed by atoms with Gasteiger partial charge < -0.3 is 4.74 Å². The number of esters is 1. The summed E-state index contributed by atoms with van der Waals surface area (Å²) in [7, 11) is -4.10. The highest BCUT2D eigenvalue weighted by Gasteiger charge is 2.29. The van der Waals surface area contributed by atoms with Crippen molar-refractivity contribution in [2.24, 2.45) is 0 Å². The van der Waals surface area contributed by atoms with Crippen molar-refractivity contribution in [2.45, 2.75) is 18.7 Å². The molecular weight excluding hydrogens is 383 g/mol. The average Bonchev–Trinajstić information content (AvgIpc) is 2.55. The van der Waals surface area contributed by atoms with Gasteiger partial charge in [-0.2, -0.15) is 0 Å². The van der Waals surface area contributed by atoms with E-state index in [0.717, 1.165) is 11.6 Å². The number of aryl methyl sites for hydroxylation is 1. The molecule has 0 heterocycles. The fraction of sp³-hybridized carbons (Fsp3) is 0.167. The molecule has 0 unspecified atom stereocenters. The van der Waals surface area contributed by atoms with Gasteiger partial charge in [0.1, 0.15) is 0 Å². The molecule has 2 aromatic rings. The second-order valence-electron chi connectivity index (χ2n) is 5.18. The van der Waals surface area contributed by atoms with E-state index in [9.17, 15) is 13.2 Å². The molecule has 0 radical (unpaired) electrons. The third kappa shape index (κ3) is 4.42. The molecule has 0 aliphatic carbocycles. The highest BCUT2D eigenvalue weighted by atomic mass is 35.5. The maximum Gasteiger partial charge on any atom is 0.350 e. The standard InChI is InChI=1S/C18H16Cl2O4S/c1-3-24-18(21)17(11-14-15(19)5-4-6-16(14)20)25(22,23)13-9-7-12(2)8-10-13/h4-11H,3H2,1-2H3/b17-11-. The Balaban J connectivity index is 2.66. The summed E-state index contributed by atoms with van der Waals surface area (Å²) < 4.78 is 30.8. The van der Waals surface area contributed by atoms with Crippen LogP contribution in [0.4, 0.5) is 0 Å². The summed E-state index contributed by atoms with van der Waals surface area (Å²) >= 11 is 12.2. The molecule has 0 spiro atoms. The van der Waals surface area contributed by atoms with Crippen LogP contribution in [0.2, 0.25) is 10.0 Å². The topological polar surface area (TPSA) is 60.4 Å². The van der Waals surface area contributed by atoms with Gasteiger partial charge in [0.05, 0.1) is 11.5 Å². The first-order valence-electron chi connectivity index (χ1n) is 7.42. The molecule has 0 amide bonds. The number of carbonyl (C=O) groups is 1. The van der Waals surface area contributed by atoms with E-state index in [0.29, 0.717) is 0 Å². The van der Waals surface area contributed by atoms with Crippen LogP contribution in [-0.4, -0.2) is 21.0 Å². The molecule has 0 aromatic heterocycles. The second-order valence-corrected chi connectivity index (χ2v) is 7.91. The number of carbonyl (C=O) groups excluding carboxylic acids is 1. The van der Waals surface area contributed by atoms with E-state index in [1.165, 1.54) is 12.1 Å². The van der Waals surface area contributed by atoms with Crippen molar-refractivity contribution in [1.29, 1.82) is 0 Å². The lowest BCUT2D eigenvalue weighted by Gasteiger charge is -2.10. The molecule has 132 valence electrons. The van der Waals surface area contributed by atoms with Gasteiger partial charge in [-0.1, -0.05) is 47.0 Å². The lowest BCUT2D eigenvalue weighted by Crippen LogP contribution is -2.17. The maximum atomic E-state index is 12.9. The summed E-state index contributed by atoms with van der Waals surface area (Å²) in [6.07, 6.45) is 1.15. The van der Waals surface area contributed by atoms with Gasteiger partial charge in [0.25, 0.3) is 0 Å². The Labute approximate surface area is 156 Å². The summed E-state index contributed by atoms with van der Waals surface area (Å²) in [4.78, 5) is 11.8. The Morgan fingerprint density at radius 3 is 2.16 bits per heavy atom.